The van der Waals surface area contributed by atoms with Crippen LogP contribution in [0.15, 0.2) is 35.3 Å². The Kier molecular flexibility index (Phi) is 5.59. The van der Waals surface area contributed by atoms with Gasteiger partial charge in [-0.1, -0.05) is 26.0 Å². The number of hydrogen-bond donors (Lipinski definition) is 2. The van der Waals surface area contributed by atoms with Crippen molar-refractivity contribution in [3.05, 3.63) is 40.8 Å². The van der Waals surface area contributed by atoms with Crippen molar-refractivity contribution in [3.8, 4) is 0 Å². The zero-order valence-electron chi connectivity index (χ0n) is 18.1. The van der Waals surface area contributed by atoms with E-state index in [9.17, 15) is 9.90 Å². The van der Waals surface area contributed by atoms with Crippen LogP contribution in [0.5, 0.6) is 0 Å². The number of carboxylic acids is 1. The molecule has 1 saturated heterocycles. The van der Waals surface area contributed by atoms with Crippen molar-refractivity contribution in [2.45, 2.75) is 33.6 Å². The molecule has 6 nitrogen and oxygen atoms in total. The zero-order chi connectivity index (χ0) is 21.5. The van der Waals surface area contributed by atoms with Crippen molar-refractivity contribution >= 4 is 39.5 Å². The summed E-state index contributed by atoms with van der Waals surface area (Å²) in [7, 11) is 0. The fraction of sp³-hybridized carbons (Fsp3) is 0.478. The lowest BCUT2D eigenvalue weighted by Gasteiger charge is -2.38. The zero-order valence-corrected chi connectivity index (χ0v) is 18.9. The van der Waals surface area contributed by atoms with Crippen molar-refractivity contribution in [2.24, 2.45) is 10.4 Å². The maximum Gasteiger partial charge on any atom is 0.310 e. The van der Waals surface area contributed by atoms with Gasteiger partial charge < -0.3 is 15.3 Å². The third-order valence-electron chi connectivity index (χ3n) is 5.81. The van der Waals surface area contributed by atoms with Crippen molar-refractivity contribution < 1.29 is 9.90 Å². The molecule has 4 rings (SSSR count). The van der Waals surface area contributed by atoms with Gasteiger partial charge in [-0.05, 0) is 38.0 Å². The molecule has 2 N–H and O–H groups in total. The number of piperazine rings is 1. The van der Waals surface area contributed by atoms with Crippen LogP contribution in [0.4, 0.5) is 16.4 Å². The lowest BCUT2D eigenvalue weighted by atomic mass is 9.93. The van der Waals surface area contributed by atoms with E-state index in [4.69, 9.17) is 4.99 Å². The van der Waals surface area contributed by atoms with Gasteiger partial charge in [0.15, 0.2) is 0 Å². The van der Waals surface area contributed by atoms with Gasteiger partial charge in [0, 0.05) is 37.6 Å². The van der Waals surface area contributed by atoms with Gasteiger partial charge in [0.05, 0.1) is 22.4 Å². The minimum Gasteiger partial charge on any atom is -0.481 e. The maximum atomic E-state index is 11.5. The number of hydrogen-bond acceptors (Lipinski definition) is 6. The molecule has 0 spiro atoms. The highest BCUT2D eigenvalue weighted by atomic mass is 32.1. The summed E-state index contributed by atoms with van der Waals surface area (Å²) in [6, 6.07) is 10.5. The molecule has 2 aliphatic rings. The average Bonchev–Trinajstić information content (AvgIpc) is 3.05. The van der Waals surface area contributed by atoms with Crippen LogP contribution in [0.2, 0.25) is 0 Å². The summed E-state index contributed by atoms with van der Waals surface area (Å²) in [5.41, 5.74) is 2.42. The summed E-state index contributed by atoms with van der Waals surface area (Å²) < 4.78 is 0. The molecule has 1 fully saturated rings. The average molecular weight is 427 g/mol. The highest BCUT2D eigenvalue weighted by Crippen LogP contribution is 2.41. The van der Waals surface area contributed by atoms with E-state index in [0.29, 0.717) is 12.5 Å². The van der Waals surface area contributed by atoms with Gasteiger partial charge in [-0.15, -0.1) is 11.3 Å². The number of anilines is 2. The number of aliphatic carboxylic acids is 1. The van der Waals surface area contributed by atoms with E-state index in [1.165, 1.54) is 10.4 Å². The molecule has 1 aromatic heterocycles. The molecule has 1 aromatic carbocycles. The first-order chi connectivity index (χ1) is 14.2. The van der Waals surface area contributed by atoms with Crippen LogP contribution in [-0.4, -0.2) is 59.4 Å². The number of thiophene rings is 1. The van der Waals surface area contributed by atoms with Crippen LogP contribution < -0.4 is 5.32 Å². The number of benzene rings is 1. The second kappa shape index (κ2) is 8.04. The molecule has 0 aliphatic carbocycles. The Labute approximate surface area is 182 Å². The normalized spacial score (nSPS) is 17.1. The molecule has 0 bridgehead atoms. The third-order valence-corrected chi connectivity index (χ3v) is 7.16. The summed E-state index contributed by atoms with van der Waals surface area (Å²) in [4.78, 5) is 22.5. The number of para-hydroxylation sites is 2. The Hall–Kier alpha value is -2.38. The molecule has 160 valence electrons. The van der Waals surface area contributed by atoms with Crippen molar-refractivity contribution in [1.82, 2.24) is 9.80 Å². The standard InChI is InChI=1S/C23H30N4O2S/c1-15(2)19-13-16-20(24-17-7-5-6-8-18(17)25-21(16)30-19)27-11-9-26(10-12-27)14-23(3,4)22(28)29/h5-8,13,15,25H,9-12,14H2,1-4H3,(H,28,29). The Morgan fingerprint density at radius 2 is 1.93 bits per heavy atom. The molecule has 0 unspecified atom stereocenters. The summed E-state index contributed by atoms with van der Waals surface area (Å²) in [6.07, 6.45) is 0. The Bertz CT molecular complexity index is 971. The molecule has 2 aromatic rings. The number of carbonyl (C=O) groups is 1. The quantitative estimate of drug-likeness (QED) is 0.739. The summed E-state index contributed by atoms with van der Waals surface area (Å²) >= 11 is 1.81. The van der Waals surface area contributed by atoms with Crippen LogP contribution in [0.25, 0.3) is 0 Å². The first-order valence-corrected chi connectivity index (χ1v) is 11.4. The monoisotopic (exact) mass is 426 g/mol. The van der Waals surface area contributed by atoms with Crippen molar-refractivity contribution in [2.75, 3.05) is 38.0 Å². The predicted molar refractivity (Wildman–Crippen MR) is 124 cm³/mol. The SMILES string of the molecule is CC(C)c1cc2c(s1)Nc1ccccc1N=C2N1CCN(CC(C)(C)C(=O)O)CC1. The Balaban J connectivity index is 1.60. The number of carboxylic acid groups (broad SMARTS) is 1. The van der Waals surface area contributed by atoms with E-state index in [1.54, 1.807) is 25.2 Å². The summed E-state index contributed by atoms with van der Waals surface area (Å²) in [6.45, 7) is 11.9. The van der Waals surface area contributed by atoms with Crippen molar-refractivity contribution in [1.29, 1.82) is 0 Å². The van der Waals surface area contributed by atoms with E-state index in [0.717, 1.165) is 48.4 Å². The molecule has 7 heteroatoms. The van der Waals surface area contributed by atoms with Crippen LogP contribution >= 0.6 is 11.3 Å². The highest BCUT2D eigenvalue weighted by molar-refractivity contribution is 7.16. The molecule has 0 saturated carbocycles. The van der Waals surface area contributed by atoms with Gasteiger partial charge in [-0.3, -0.25) is 9.69 Å². The van der Waals surface area contributed by atoms with Gasteiger partial charge in [-0.2, -0.15) is 0 Å². The van der Waals surface area contributed by atoms with E-state index in [1.807, 2.05) is 18.2 Å². The Morgan fingerprint density at radius 3 is 2.60 bits per heavy atom. The molecule has 0 amide bonds. The lowest BCUT2D eigenvalue weighted by molar-refractivity contribution is -0.148. The van der Waals surface area contributed by atoms with Gasteiger partial charge in [-0.25, -0.2) is 4.99 Å². The minimum atomic E-state index is -0.745. The van der Waals surface area contributed by atoms with Gasteiger partial charge in [0.25, 0.3) is 0 Å². The molecule has 0 radical (unpaired) electrons. The molecule has 0 atom stereocenters. The van der Waals surface area contributed by atoms with Crippen LogP contribution in [0.3, 0.4) is 0 Å². The fourth-order valence-electron chi connectivity index (χ4n) is 3.91. The number of nitrogens with one attached hydrogen (secondary N) is 1. The fourth-order valence-corrected chi connectivity index (χ4v) is 4.98. The lowest BCUT2D eigenvalue weighted by Crippen LogP contribution is -2.52. The minimum absolute atomic E-state index is 0.468. The van der Waals surface area contributed by atoms with E-state index >= 15 is 0 Å². The smallest absolute Gasteiger partial charge is 0.310 e. The van der Waals surface area contributed by atoms with Crippen LogP contribution in [0.1, 0.15) is 44.1 Å². The second-order valence-electron chi connectivity index (χ2n) is 9.08. The topological polar surface area (TPSA) is 68.2 Å². The third kappa shape index (κ3) is 4.09. The number of nitrogens with zero attached hydrogens (tertiary/aromatic N) is 3. The molecule has 30 heavy (non-hydrogen) atoms. The number of aliphatic imine (C=N–C) groups is 1. The Morgan fingerprint density at radius 1 is 1.23 bits per heavy atom. The second-order valence-corrected chi connectivity index (χ2v) is 10.2. The molecular weight excluding hydrogens is 396 g/mol. The van der Waals surface area contributed by atoms with Crippen molar-refractivity contribution in [3.63, 3.8) is 0 Å². The summed E-state index contributed by atoms with van der Waals surface area (Å²) in [5, 5.41) is 14.2. The number of rotatable bonds is 4. The molecular formula is C23H30N4O2S. The molecule has 3 heterocycles. The number of amidine groups is 1. The number of fused-ring (bicyclic) bond motifs is 2. The van der Waals surface area contributed by atoms with Gasteiger partial charge in [0.1, 0.15) is 10.8 Å². The molecule has 2 aliphatic heterocycles. The van der Waals surface area contributed by atoms with E-state index in [2.05, 4.69) is 41.1 Å². The van der Waals surface area contributed by atoms with Crippen LogP contribution in [0, 0.1) is 5.41 Å². The first-order valence-electron chi connectivity index (χ1n) is 10.5. The van der Waals surface area contributed by atoms with Crippen LogP contribution in [-0.2, 0) is 4.79 Å². The van der Waals surface area contributed by atoms with E-state index in [-0.39, 0.29) is 0 Å². The largest absolute Gasteiger partial charge is 0.481 e. The highest BCUT2D eigenvalue weighted by Gasteiger charge is 2.32. The summed E-state index contributed by atoms with van der Waals surface area (Å²) in [5.74, 6) is 0.739. The maximum absolute atomic E-state index is 11.5. The van der Waals surface area contributed by atoms with Gasteiger partial charge in [0.2, 0.25) is 0 Å². The predicted octanol–water partition coefficient (Wildman–Crippen LogP) is 4.74. The van der Waals surface area contributed by atoms with E-state index < -0.39 is 11.4 Å². The van der Waals surface area contributed by atoms with Gasteiger partial charge >= 0.3 is 5.97 Å². The first kappa shape index (κ1) is 20.9.